The summed E-state index contributed by atoms with van der Waals surface area (Å²) in [5.41, 5.74) is 8.98. The van der Waals surface area contributed by atoms with Gasteiger partial charge >= 0.3 is 0 Å². The van der Waals surface area contributed by atoms with E-state index in [1.54, 1.807) is 0 Å². The molecule has 0 saturated heterocycles. The maximum Gasteiger partial charge on any atom is 0.0892 e. The van der Waals surface area contributed by atoms with Crippen LogP contribution in [-0.2, 0) is 0 Å². The summed E-state index contributed by atoms with van der Waals surface area (Å²) in [6, 6.07) is 25.8. The number of rotatable bonds is 12. The van der Waals surface area contributed by atoms with E-state index in [1.165, 1.54) is 48.1 Å². The van der Waals surface area contributed by atoms with Crippen molar-refractivity contribution in [3.05, 3.63) is 113 Å². The zero-order valence-electron chi connectivity index (χ0n) is 23.0. The van der Waals surface area contributed by atoms with Crippen molar-refractivity contribution < 1.29 is 0 Å². The number of nitrogens with zero attached hydrogens (tertiary/aromatic N) is 3. The first kappa shape index (κ1) is 27.1. The molecule has 4 aromatic rings. The molecule has 38 heavy (non-hydrogen) atoms. The van der Waals surface area contributed by atoms with E-state index >= 15 is 0 Å². The molecule has 0 saturated carbocycles. The van der Waals surface area contributed by atoms with E-state index in [1.807, 2.05) is 24.5 Å². The van der Waals surface area contributed by atoms with Crippen LogP contribution in [0.4, 0.5) is 5.69 Å². The van der Waals surface area contributed by atoms with Crippen molar-refractivity contribution in [2.45, 2.75) is 46.5 Å². The van der Waals surface area contributed by atoms with Crippen LogP contribution in [0.3, 0.4) is 0 Å². The largest absolute Gasteiger partial charge is 0.372 e. The van der Waals surface area contributed by atoms with Crippen molar-refractivity contribution >= 4 is 30.0 Å². The standard InChI is InChI=1S/C35H39N3/c1-4-6-24-38(25-7-5-2)33-18-16-31(17-19-33)13-12-29-8-10-30(11-9-29)14-15-32-21-23-37-35(27-32)34-26-28(3)20-22-36-34/h8-23,26-27H,4-7,24-25H2,1-3H3/b13-12+,15-14+. The Morgan fingerprint density at radius 1 is 0.579 bits per heavy atom. The highest BCUT2D eigenvalue weighted by molar-refractivity contribution is 5.74. The topological polar surface area (TPSA) is 29.0 Å². The summed E-state index contributed by atoms with van der Waals surface area (Å²) in [6.07, 6.45) is 17.2. The van der Waals surface area contributed by atoms with Gasteiger partial charge in [0.15, 0.2) is 0 Å². The monoisotopic (exact) mass is 501 g/mol. The first-order valence-corrected chi connectivity index (χ1v) is 13.8. The van der Waals surface area contributed by atoms with Crippen LogP contribution in [0.2, 0.25) is 0 Å². The number of aromatic nitrogens is 2. The molecule has 2 heterocycles. The highest BCUT2D eigenvalue weighted by atomic mass is 15.1. The first-order valence-electron chi connectivity index (χ1n) is 13.8. The third-order valence-electron chi connectivity index (χ3n) is 6.66. The second-order valence-corrected chi connectivity index (χ2v) is 9.81. The third-order valence-corrected chi connectivity index (χ3v) is 6.66. The Labute approximate surface area is 228 Å². The molecule has 2 aromatic heterocycles. The van der Waals surface area contributed by atoms with Gasteiger partial charge in [0, 0.05) is 31.2 Å². The fraction of sp³-hybridized carbons (Fsp3) is 0.257. The predicted molar refractivity (Wildman–Crippen MR) is 165 cm³/mol. The number of benzene rings is 2. The van der Waals surface area contributed by atoms with E-state index in [-0.39, 0.29) is 0 Å². The fourth-order valence-corrected chi connectivity index (χ4v) is 4.33. The van der Waals surface area contributed by atoms with Gasteiger partial charge in [-0.25, -0.2) is 0 Å². The Hall–Kier alpha value is -3.98. The lowest BCUT2D eigenvalue weighted by Gasteiger charge is -2.24. The van der Waals surface area contributed by atoms with Gasteiger partial charge in [0.25, 0.3) is 0 Å². The average Bonchev–Trinajstić information content (AvgIpc) is 2.96. The summed E-state index contributed by atoms with van der Waals surface area (Å²) in [5, 5.41) is 0. The SMILES string of the molecule is CCCCN(CCCC)c1ccc(/C=C/c2ccc(/C=C/c3ccnc(-c4cc(C)ccn4)c3)cc2)cc1. The molecule has 0 bridgehead atoms. The number of unbranched alkanes of at least 4 members (excludes halogenated alkanes) is 2. The summed E-state index contributed by atoms with van der Waals surface area (Å²) in [4.78, 5) is 11.5. The maximum atomic E-state index is 4.49. The Balaban J connectivity index is 1.37. The molecule has 0 spiro atoms. The molecular formula is C35H39N3. The van der Waals surface area contributed by atoms with Crippen molar-refractivity contribution in [2.75, 3.05) is 18.0 Å². The second-order valence-electron chi connectivity index (χ2n) is 9.81. The van der Waals surface area contributed by atoms with Crippen LogP contribution < -0.4 is 4.90 Å². The summed E-state index contributed by atoms with van der Waals surface area (Å²) in [7, 11) is 0. The summed E-state index contributed by atoms with van der Waals surface area (Å²) >= 11 is 0. The van der Waals surface area contributed by atoms with Crippen LogP contribution in [0.1, 0.15) is 67.3 Å². The van der Waals surface area contributed by atoms with E-state index < -0.39 is 0 Å². The number of hydrogen-bond donors (Lipinski definition) is 0. The maximum absolute atomic E-state index is 4.49. The molecule has 0 fully saturated rings. The summed E-state index contributed by atoms with van der Waals surface area (Å²) in [6.45, 7) is 8.87. The Morgan fingerprint density at radius 3 is 1.58 bits per heavy atom. The van der Waals surface area contributed by atoms with Crippen LogP contribution in [0.25, 0.3) is 35.7 Å². The van der Waals surface area contributed by atoms with Crippen molar-refractivity contribution in [1.82, 2.24) is 9.97 Å². The van der Waals surface area contributed by atoms with Crippen LogP contribution >= 0.6 is 0 Å². The lowest BCUT2D eigenvalue weighted by Crippen LogP contribution is -2.25. The van der Waals surface area contributed by atoms with E-state index in [0.717, 1.165) is 35.6 Å². The zero-order chi connectivity index (χ0) is 26.6. The molecule has 0 amide bonds. The van der Waals surface area contributed by atoms with Gasteiger partial charge in [-0.3, -0.25) is 9.97 Å². The van der Waals surface area contributed by atoms with Gasteiger partial charge < -0.3 is 4.90 Å². The Morgan fingerprint density at radius 2 is 1.05 bits per heavy atom. The molecular weight excluding hydrogens is 462 g/mol. The highest BCUT2D eigenvalue weighted by Crippen LogP contribution is 2.20. The van der Waals surface area contributed by atoms with E-state index in [9.17, 15) is 0 Å². The summed E-state index contributed by atoms with van der Waals surface area (Å²) < 4.78 is 0. The van der Waals surface area contributed by atoms with Crippen LogP contribution in [0, 0.1) is 6.92 Å². The molecule has 2 aromatic carbocycles. The quantitative estimate of drug-likeness (QED) is 0.181. The molecule has 4 rings (SSSR count). The van der Waals surface area contributed by atoms with E-state index in [4.69, 9.17) is 0 Å². The van der Waals surface area contributed by atoms with Gasteiger partial charge in [0.2, 0.25) is 0 Å². The normalized spacial score (nSPS) is 11.4. The van der Waals surface area contributed by atoms with Crippen molar-refractivity contribution in [3.63, 3.8) is 0 Å². The fourth-order valence-electron chi connectivity index (χ4n) is 4.33. The van der Waals surface area contributed by atoms with Gasteiger partial charge in [-0.2, -0.15) is 0 Å². The smallest absolute Gasteiger partial charge is 0.0892 e. The Bertz CT molecular complexity index is 1330. The zero-order valence-corrected chi connectivity index (χ0v) is 23.0. The average molecular weight is 502 g/mol. The molecule has 0 atom stereocenters. The molecule has 0 aliphatic heterocycles. The van der Waals surface area contributed by atoms with E-state index in [2.05, 4.69) is 121 Å². The minimum atomic E-state index is 0.888. The van der Waals surface area contributed by atoms with Gasteiger partial charge in [-0.1, -0.05) is 87.4 Å². The minimum absolute atomic E-state index is 0.888. The minimum Gasteiger partial charge on any atom is -0.372 e. The third kappa shape index (κ3) is 8.01. The Kier molecular flexibility index (Phi) is 10.0. The van der Waals surface area contributed by atoms with Gasteiger partial charge in [-0.05, 0) is 84.0 Å². The van der Waals surface area contributed by atoms with Gasteiger partial charge in [0.1, 0.15) is 0 Å². The van der Waals surface area contributed by atoms with Crippen LogP contribution in [0.5, 0.6) is 0 Å². The lowest BCUT2D eigenvalue weighted by atomic mass is 10.1. The highest BCUT2D eigenvalue weighted by Gasteiger charge is 2.05. The molecule has 0 N–H and O–H groups in total. The predicted octanol–water partition coefficient (Wildman–Crippen LogP) is 9.20. The number of aryl methyl sites for hydroxylation is 1. The molecule has 0 aliphatic rings. The van der Waals surface area contributed by atoms with Gasteiger partial charge in [-0.15, -0.1) is 0 Å². The molecule has 194 valence electrons. The van der Waals surface area contributed by atoms with Crippen molar-refractivity contribution in [1.29, 1.82) is 0 Å². The van der Waals surface area contributed by atoms with Gasteiger partial charge in [0.05, 0.1) is 11.4 Å². The second kappa shape index (κ2) is 14.1. The molecule has 0 aliphatic carbocycles. The number of hydrogen-bond acceptors (Lipinski definition) is 3. The summed E-state index contributed by atoms with van der Waals surface area (Å²) in [5.74, 6) is 0. The number of anilines is 1. The molecule has 0 radical (unpaired) electrons. The molecule has 3 nitrogen and oxygen atoms in total. The van der Waals surface area contributed by atoms with Crippen LogP contribution in [-0.4, -0.2) is 23.1 Å². The first-order chi connectivity index (χ1) is 18.6. The lowest BCUT2D eigenvalue weighted by molar-refractivity contribution is 0.678. The van der Waals surface area contributed by atoms with Crippen LogP contribution in [0.15, 0.2) is 85.2 Å². The number of pyridine rings is 2. The molecule has 0 unspecified atom stereocenters. The van der Waals surface area contributed by atoms with Crippen molar-refractivity contribution in [2.24, 2.45) is 0 Å². The molecule has 3 heteroatoms. The van der Waals surface area contributed by atoms with E-state index in [0.29, 0.717) is 0 Å². The van der Waals surface area contributed by atoms with Crippen molar-refractivity contribution in [3.8, 4) is 11.4 Å².